The normalized spacial score (nSPS) is 11.0. The highest BCUT2D eigenvalue weighted by Crippen LogP contribution is 2.08. The molecule has 0 amide bonds. The third-order valence-corrected chi connectivity index (χ3v) is 2.79. The summed E-state index contributed by atoms with van der Waals surface area (Å²) >= 11 is 0. The standard InChI is InChI=1S/C12H17N5/c1-3-16(4-2)10-12-13-14-15-17(12)11-8-6-5-7-9-11/h5-9H,3-4,10H2,1-2H3. The molecule has 0 atom stereocenters. The van der Waals surface area contributed by atoms with Gasteiger partial charge in [0.1, 0.15) is 0 Å². The van der Waals surface area contributed by atoms with Crippen molar-refractivity contribution in [3.05, 3.63) is 36.2 Å². The Morgan fingerprint density at radius 1 is 1.12 bits per heavy atom. The largest absolute Gasteiger partial charge is 0.296 e. The Morgan fingerprint density at radius 2 is 1.82 bits per heavy atom. The van der Waals surface area contributed by atoms with Crippen LogP contribution in [0.25, 0.3) is 5.69 Å². The number of hydrogen-bond acceptors (Lipinski definition) is 4. The first kappa shape index (κ1) is 11.7. The first-order valence-electron chi connectivity index (χ1n) is 5.90. The van der Waals surface area contributed by atoms with Gasteiger partial charge in [-0.15, -0.1) is 5.10 Å². The maximum absolute atomic E-state index is 4.09. The van der Waals surface area contributed by atoms with Crippen LogP contribution in [0.15, 0.2) is 30.3 Å². The van der Waals surface area contributed by atoms with Gasteiger partial charge in [-0.2, -0.15) is 4.68 Å². The molecular formula is C12H17N5. The van der Waals surface area contributed by atoms with Crippen molar-refractivity contribution in [2.24, 2.45) is 0 Å². The molecule has 1 aromatic carbocycles. The fourth-order valence-electron chi connectivity index (χ4n) is 1.72. The van der Waals surface area contributed by atoms with Crippen LogP contribution < -0.4 is 0 Å². The zero-order valence-corrected chi connectivity index (χ0v) is 10.2. The average molecular weight is 231 g/mol. The lowest BCUT2D eigenvalue weighted by atomic mass is 10.3. The second-order valence-electron chi connectivity index (χ2n) is 3.80. The van der Waals surface area contributed by atoms with Gasteiger partial charge in [0, 0.05) is 0 Å². The summed E-state index contributed by atoms with van der Waals surface area (Å²) in [4.78, 5) is 2.28. The highest BCUT2D eigenvalue weighted by Gasteiger charge is 2.10. The van der Waals surface area contributed by atoms with Crippen molar-refractivity contribution in [1.29, 1.82) is 0 Å². The van der Waals surface area contributed by atoms with E-state index in [2.05, 4.69) is 34.3 Å². The van der Waals surface area contributed by atoms with Gasteiger partial charge in [-0.3, -0.25) is 4.90 Å². The predicted molar refractivity (Wildman–Crippen MR) is 65.8 cm³/mol. The molecule has 0 radical (unpaired) electrons. The van der Waals surface area contributed by atoms with E-state index in [1.165, 1.54) is 0 Å². The second-order valence-corrected chi connectivity index (χ2v) is 3.80. The number of rotatable bonds is 5. The molecule has 0 saturated carbocycles. The smallest absolute Gasteiger partial charge is 0.170 e. The number of benzene rings is 1. The molecule has 5 nitrogen and oxygen atoms in total. The van der Waals surface area contributed by atoms with E-state index in [0.717, 1.165) is 31.1 Å². The summed E-state index contributed by atoms with van der Waals surface area (Å²) < 4.78 is 1.79. The van der Waals surface area contributed by atoms with Crippen molar-refractivity contribution in [2.75, 3.05) is 13.1 Å². The molecule has 0 bridgehead atoms. The first-order valence-corrected chi connectivity index (χ1v) is 5.90. The van der Waals surface area contributed by atoms with Gasteiger partial charge >= 0.3 is 0 Å². The van der Waals surface area contributed by atoms with E-state index in [9.17, 15) is 0 Å². The fourth-order valence-corrected chi connectivity index (χ4v) is 1.72. The zero-order valence-electron chi connectivity index (χ0n) is 10.2. The van der Waals surface area contributed by atoms with Crippen LogP contribution in [-0.4, -0.2) is 38.2 Å². The van der Waals surface area contributed by atoms with Crippen molar-refractivity contribution < 1.29 is 0 Å². The summed E-state index contributed by atoms with van der Waals surface area (Å²) in [5.74, 6) is 0.875. The van der Waals surface area contributed by atoms with E-state index in [1.54, 1.807) is 4.68 Å². The van der Waals surface area contributed by atoms with Gasteiger partial charge in [0.15, 0.2) is 5.82 Å². The highest BCUT2D eigenvalue weighted by molar-refractivity contribution is 5.30. The molecule has 90 valence electrons. The van der Waals surface area contributed by atoms with Crippen molar-refractivity contribution in [3.8, 4) is 5.69 Å². The van der Waals surface area contributed by atoms with Gasteiger partial charge in [-0.05, 0) is 35.6 Å². The number of para-hydroxylation sites is 1. The topological polar surface area (TPSA) is 46.8 Å². The minimum absolute atomic E-state index is 0.773. The molecular weight excluding hydrogens is 214 g/mol. The van der Waals surface area contributed by atoms with Crippen molar-refractivity contribution in [3.63, 3.8) is 0 Å². The van der Waals surface area contributed by atoms with Crippen LogP contribution in [-0.2, 0) is 6.54 Å². The van der Waals surface area contributed by atoms with Crippen molar-refractivity contribution >= 4 is 0 Å². The molecule has 0 aliphatic rings. The number of aromatic nitrogens is 4. The molecule has 2 rings (SSSR count). The van der Waals surface area contributed by atoms with E-state index in [0.29, 0.717) is 0 Å². The summed E-state index contributed by atoms with van der Waals surface area (Å²) in [6.45, 7) is 7.05. The minimum atomic E-state index is 0.773. The molecule has 0 spiro atoms. The lowest BCUT2D eigenvalue weighted by Gasteiger charge is -2.16. The van der Waals surface area contributed by atoms with Crippen LogP contribution in [0.5, 0.6) is 0 Å². The minimum Gasteiger partial charge on any atom is -0.296 e. The molecule has 5 heteroatoms. The molecule has 0 N–H and O–H groups in total. The van der Waals surface area contributed by atoms with Crippen LogP contribution in [0.2, 0.25) is 0 Å². The quantitative estimate of drug-likeness (QED) is 0.782. The predicted octanol–water partition coefficient (Wildman–Crippen LogP) is 1.50. The maximum Gasteiger partial charge on any atom is 0.170 e. The van der Waals surface area contributed by atoms with Crippen LogP contribution in [0, 0.1) is 0 Å². The van der Waals surface area contributed by atoms with Gasteiger partial charge in [0.05, 0.1) is 12.2 Å². The Morgan fingerprint density at radius 3 is 2.47 bits per heavy atom. The van der Waals surface area contributed by atoms with Crippen LogP contribution in [0.4, 0.5) is 0 Å². The van der Waals surface area contributed by atoms with Crippen LogP contribution in [0.1, 0.15) is 19.7 Å². The number of tetrazole rings is 1. The molecule has 2 aromatic rings. The molecule has 0 aliphatic carbocycles. The summed E-state index contributed by atoms with van der Waals surface area (Å²) in [7, 11) is 0. The molecule has 1 heterocycles. The molecule has 0 aliphatic heterocycles. The molecule has 0 saturated heterocycles. The lowest BCUT2D eigenvalue weighted by Crippen LogP contribution is -2.24. The lowest BCUT2D eigenvalue weighted by molar-refractivity contribution is 0.285. The molecule has 0 fully saturated rings. The van der Waals surface area contributed by atoms with E-state index in [4.69, 9.17) is 0 Å². The Balaban J connectivity index is 2.23. The molecule has 17 heavy (non-hydrogen) atoms. The van der Waals surface area contributed by atoms with Gasteiger partial charge in [-0.1, -0.05) is 32.0 Å². The maximum atomic E-state index is 4.09. The van der Waals surface area contributed by atoms with Crippen molar-refractivity contribution in [2.45, 2.75) is 20.4 Å². The van der Waals surface area contributed by atoms with E-state index in [1.807, 2.05) is 30.3 Å². The molecule has 0 unspecified atom stereocenters. The van der Waals surface area contributed by atoms with Gasteiger partial charge in [0.25, 0.3) is 0 Å². The summed E-state index contributed by atoms with van der Waals surface area (Å²) in [6.07, 6.45) is 0. The number of hydrogen-bond donors (Lipinski definition) is 0. The number of nitrogens with zero attached hydrogens (tertiary/aromatic N) is 5. The Kier molecular flexibility index (Phi) is 3.82. The van der Waals surface area contributed by atoms with Gasteiger partial charge in [0.2, 0.25) is 0 Å². The SMILES string of the molecule is CCN(CC)Cc1nnnn1-c1ccccc1. The summed E-state index contributed by atoms with van der Waals surface area (Å²) in [5, 5.41) is 11.9. The first-order chi connectivity index (χ1) is 8.35. The van der Waals surface area contributed by atoms with E-state index >= 15 is 0 Å². The Hall–Kier alpha value is -1.75. The van der Waals surface area contributed by atoms with Crippen LogP contribution in [0.3, 0.4) is 0 Å². The van der Waals surface area contributed by atoms with Gasteiger partial charge in [-0.25, -0.2) is 0 Å². The Labute approximate surface area is 101 Å². The third kappa shape index (κ3) is 2.68. The molecule has 1 aromatic heterocycles. The van der Waals surface area contributed by atoms with Gasteiger partial charge < -0.3 is 0 Å². The summed E-state index contributed by atoms with van der Waals surface area (Å²) in [5.41, 5.74) is 1.000. The average Bonchev–Trinajstić information content (AvgIpc) is 2.85. The van der Waals surface area contributed by atoms with E-state index in [-0.39, 0.29) is 0 Å². The van der Waals surface area contributed by atoms with Crippen molar-refractivity contribution in [1.82, 2.24) is 25.1 Å². The summed E-state index contributed by atoms with van der Waals surface area (Å²) in [6, 6.07) is 9.96. The second kappa shape index (κ2) is 5.54. The fraction of sp³-hybridized carbons (Fsp3) is 0.417. The van der Waals surface area contributed by atoms with E-state index < -0.39 is 0 Å². The zero-order chi connectivity index (χ0) is 12.1. The Bertz CT molecular complexity index is 447. The third-order valence-electron chi connectivity index (χ3n) is 2.79. The highest BCUT2D eigenvalue weighted by atomic mass is 15.5. The monoisotopic (exact) mass is 231 g/mol. The van der Waals surface area contributed by atoms with Crippen LogP contribution >= 0.6 is 0 Å².